The summed E-state index contributed by atoms with van der Waals surface area (Å²) in [6.07, 6.45) is 5.98. The fraction of sp³-hybridized carbons (Fsp3) is 0.476. The first-order chi connectivity index (χ1) is 31.1. The number of halogens is 5. The molecule has 66 heavy (non-hydrogen) atoms. The van der Waals surface area contributed by atoms with Gasteiger partial charge in [0.15, 0.2) is 12.2 Å². The summed E-state index contributed by atoms with van der Waals surface area (Å²) in [5, 5.41) is 8.48. The van der Waals surface area contributed by atoms with E-state index in [1.165, 1.54) is 24.7 Å². The predicted molar refractivity (Wildman–Crippen MR) is 264 cm³/mol. The zero-order chi connectivity index (χ0) is 50.1. The minimum Gasteiger partial charge on any atom is -0.480 e. The molecule has 0 saturated heterocycles. The maximum atomic E-state index is 14.3. The molecule has 2 amide bonds. The van der Waals surface area contributed by atoms with Gasteiger partial charge in [-0.25, -0.2) is 14.1 Å². The Hall–Kier alpha value is -3.49. The van der Waals surface area contributed by atoms with E-state index in [0.29, 0.717) is 42.5 Å². The number of amides is 2. The van der Waals surface area contributed by atoms with Crippen LogP contribution in [0.25, 0.3) is 0 Å². The average Bonchev–Trinajstić information content (AvgIpc) is 3.60. The number of hydrogen-bond donors (Lipinski definition) is 3. The number of alkyl halides is 3. The van der Waals surface area contributed by atoms with Crippen molar-refractivity contribution in [1.82, 2.24) is 14.3 Å². The van der Waals surface area contributed by atoms with E-state index in [1.807, 2.05) is 32.0 Å². The summed E-state index contributed by atoms with van der Waals surface area (Å²) in [5.74, 6) is -2.55. The van der Waals surface area contributed by atoms with Crippen molar-refractivity contribution in [1.29, 1.82) is 0 Å². The fourth-order valence-electron chi connectivity index (χ4n) is 5.54. The zero-order valence-corrected chi connectivity index (χ0v) is 43.0. The number of ether oxygens (including phenoxy) is 2. The normalized spacial score (nSPS) is 13.2. The van der Waals surface area contributed by atoms with E-state index in [1.54, 1.807) is 26.4 Å². The van der Waals surface area contributed by atoms with Crippen LogP contribution in [0.5, 0.6) is 0 Å². The number of rotatable bonds is 19. The number of fused-ring (bicyclic) bond motifs is 1. The number of hydrogen-bond acceptors (Lipinski definition) is 12. The Kier molecular flexibility index (Phi) is 28.9. The molecule has 0 bridgehead atoms. The molecule has 24 heteroatoms. The Bertz CT molecular complexity index is 2260. The number of carboxylic acids is 1. The first-order valence-corrected chi connectivity index (χ1v) is 26.1. The number of para-hydroxylation sites is 1. The zero-order valence-electron chi connectivity index (χ0n) is 37.4. The Balaban J connectivity index is 0.000000468. The molecule has 0 aliphatic carbocycles. The van der Waals surface area contributed by atoms with E-state index in [4.69, 9.17) is 66.9 Å². The molecule has 0 spiro atoms. The fourth-order valence-corrected chi connectivity index (χ4v) is 8.71. The highest BCUT2D eigenvalue weighted by atomic mass is 35.5. The Labute approximate surface area is 412 Å². The van der Waals surface area contributed by atoms with Crippen molar-refractivity contribution in [3.63, 3.8) is 0 Å². The highest BCUT2D eigenvalue weighted by molar-refractivity contribution is 8.00. The van der Waals surface area contributed by atoms with Gasteiger partial charge < -0.3 is 30.1 Å². The number of methoxy groups -OCH3 is 1. The van der Waals surface area contributed by atoms with Gasteiger partial charge in [-0.2, -0.15) is 0 Å². The van der Waals surface area contributed by atoms with Crippen LogP contribution in [0.2, 0.25) is 5.02 Å². The number of carbonyl (C=O) groups is 4. The summed E-state index contributed by atoms with van der Waals surface area (Å²) in [7, 11) is -1.81. The Morgan fingerprint density at radius 1 is 1.12 bits per heavy atom. The van der Waals surface area contributed by atoms with Crippen molar-refractivity contribution in [2.45, 2.75) is 75.3 Å². The second-order valence-electron chi connectivity index (χ2n) is 14.0. The first kappa shape index (κ1) is 60.5. The molecular weight excluding hydrogens is 1000 g/mol. The van der Waals surface area contributed by atoms with Crippen LogP contribution in [-0.4, -0.2) is 117 Å². The van der Waals surface area contributed by atoms with Crippen molar-refractivity contribution in [2.75, 3.05) is 62.9 Å². The lowest BCUT2D eigenvalue weighted by Gasteiger charge is -2.25. The summed E-state index contributed by atoms with van der Waals surface area (Å²) in [6.45, 7) is 17.2. The van der Waals surface area contributed by atoms with Gasteiger partial charge >= 0.3 is 16.8 Å². The number of benzene rings is 2. The molecule has 4 rings (SSSR count). The molecule has 2 aromatic carbocycles. The van der Waals surface area contributed by atoms with E-state index in [9.17, 15) is 32.9 Å². The van der Waals surface area contributed by atoms with Crippen LogP contribution in [-0.2, 0) is 52.7 Å². The summed E-state index contributed by atoms with van der Waals surface area (Å²) in [4.78, 5) is 72.6. The molecule has 368 valence electrons. The van der Waals surface area contributed by atoms with Gasteiger partial charge in [-0.15, -0.1) is 36.5 Å². The molecule has 16 nitrogen and oxygen atoms in total. The third-order valence-electron chi connectivity index (χ3n) is 8.86. The third-order valence-corrected chi connectivity index (χ3v) is 12.9. The lowest BCUT2D eigenvalue weighted by molar-refractivity contribution is -0.139. The van der Waals surface area contributed by atoms with E-state index < -0.39 is 36.0 Å². The first-order valence-electron chi connectivity index (χ1n) is 20.2. The number of esters is 1. The van der Waals surface area contributed by atoms with Gasteiger partial charge in [0.05, 0.1) is 23.6 Å². The van der Waals surface area contributed by atoms with Crippen LogP contribution in [0.3, 0.4) is 0 Å². The van der Waals surface area contributed by atoms with Crippen molar-refractivity contribution >= 4 is 112 Å². The van der Waals surface area contributed by atoms with E-state index in [2.05, 4.69) is 29.8 Å². The van der Waals surface area contributed by atoms with Crippen molar-refractivity contribution in [2.24, 2.45) is 10.7 Å². The summed E-state index contributed by atoms with van der Waals surface area (Å²) in [6, 6.07) is 7.64. The van der Waals surface area contributed by atoms with Gasteiger partial charge in [-0.1, -0.05) is 72.1 Å². The van der Waals surface area contributed by atoms with E-state index >= 15 is 0 Å². The smallest absolute Gasteiger partial charge is 0.325 e. The topological polar surface area (TPSA) is 216 Å². The minimum atomic E-state index is -3.10. The lowest BCUT2D eigenvalue weighted by Crippen LogP contribution is -2.35. The molecule has 1 aliphatic rings. The molecule has 0 saturated carbocycles. The molecule has 4 N–H and O–H groups in total. The number of carbonyl (C=O) groups excluding carboxylic acids is 3. The number of anilines is 1. The molecule has 3 aromatic rings. The standard InChI is InChI=1S/C15H15ClFN3O3S2.C14H20ClNO2.C8H11Cl2NO.C5H12NO4P/c1-23-13(21)8-24-12-7-11(10(17)6-9(12)16)18-14-19-4-2-3-5-20(19)15(22)25-14;1-4-12-8-6-7-11(3)14(12)16(10-18-5-2)13(17)9-15;1-3-5-11(6-4-2)8(12)7(9)10;1-11(9,10)3-2-4(6)5(7)8/h6-7H,2-5,8H2,1H3;6-8H,4-5,9-10H2,1-3H3;3-4,7H,1-2,5-6H2;4H,2-3,6H2,1H3,(H,7,8)(H,9,10). The molecule has 1 aromatic heterocycles. The quantitative estimate of drug-likeness (QED) is 0.0264. The highest BCUT2D eigenvalue weighted by Crippen LogP contribution is 2.36. The van der Waals surface area contributed by atoms with Gasteiger partial charge in [0.25, 0.3) is 5.91 Å². The van der Waals surface area contributed by atoms with Gasteiger partial charge in [-0.05, 0) is 74.1 Å². The van der Waals surface area contributed by atoms with Crippen LogP contribution >= 0.6 is 76.9 Å². The van der Waals surface area contributed by atoms with Crippen LogP contribution in [0.15, 0.2) is 70.3 Å². The molecule has 1 aliphatic heterocycles. The van der Waals surface area contributed by atoms with Gasteiger partial charge in [-0.3, -0.25) is 38.1 Å². The van der Waals surface area contributed by atoms with Crippen LogP contribution in [0, 0.1) is 12.7 Å². The largest absolute Gasteiger partial charge is 0.480 e. The molecule has 0 fully saturated rings. The van der Waals surface area contributed by atoms with Crippen molar-refractivity contribution in [3.05, 3.63) is 92.1 Å². The number of thioether (sulfide) groups is 1. The highest BCUT2D eigenvalue weighted by Gasteiger charge is 2.21. The molecule has 2 unspecified atom stereocenters. The minimum absolute atomic E-state index is 0.0371. The maximum Gasteiger partial charge on any atom is 0.325 e. The predicted octanol–water partition coefficient (Wildman–Crippen LogP) is 7.60. The molecule has 2 heterocycles. The van der Waals surface area contributed by atoms with Crippen LogP contribution in [0.4, 0.5) is 15.8 Å². The molecule has 2 atom stereocenters. The van der Waals surface area contributed by atoms with Gasteiger partial charge in [0.1, 0.15) is 30.2 Å². The second-order valence-corrected chi connectivity index (χ2v) is 20.2. The van der Waals surface area contributed by atoms with Crippen LogP contribution in [0.1, 0.15) is 44.2 Å². The number of aromatic nitrogens is 2. The monoisotopic (exact) mass is 1060 g/mol. The van der Waals surface area contributed by atoms with Crippen LogP contribution < -0.4 is 20.3 Å². The van der Waals surface area contributed by atoms with Crippen molar-refractivity contribution < 1.29 is 47.6 Å². The number of carboxylic acid groups (broad SMARTS) is 1. The second kappa shape index (κ2) is 31.5. The number of aryl methyl sites for hydroxylation is 2. The van der Waals surface area contributed by atoms with Gasteiger partial charge in [0.2, 0.25) is 10.7 Å². The van der Waals surface area contributed by atoms with Gasteiger partial charge in [0, 0.05) is 50.5 Å². The number of aliphatic carboxylic acids is 1. The Morgan fingerprint density at radius 2 is 1.74 bits per heavy atom. The summed E-state index contributed by atoms with van der Waals surface area (Å²) in [5.41, 5.74) is 8.30. The number of nitrogens with two attached hydrogens (primary N) is 1. The van der Waals surface area contributed by atoms with E-state index in [0.717, 1.165) is 65.2 Å². The van der Waals surface area contributed by atoms with Crippen molar-refractivity contribution in [3.8, 4) is 0 Å². The Morgan fingerprint density at radius 3 is 2.26 bits per heavy atom. The lowest BCUT2D eigenvalue weighted by atomic mass is 10.0. The summed E-state index contributed by atoms with van der Waals surface area (Å²) < 4.78 is 38.3. The number of nitrogens with zero attached hydrogens (tertiary/aromatic N) is 5. The average molecular weight is 1060 g/mol. The van der Waals surface area contributed by atoms with E-state index in [-0.39, 0.29) is 58.3 Å². The molecular formula is C42H58Cl4FN6O10PS2. The SMILES string of the molecule is C=CCN(CC=C)C(=O)C(Cl)Cl.CCOCN(C(=O)CCl)c1c(C)cccc1CC.COC(=O)CSc1cc(N=c2sc(=O)n3n2CCCC3)c(F)cc1Cl.CP(=O)(O)CCC(N)C(=O)O. The third kappa shape index (κ3) is 21.2. The maximum absolute atomic E-state index is 14.3. The summed E-state index contributed by atoms with van der Waals surface area (Å²) >= 11 is 24.6. The molecule has 0 radical (unpaired) electrons.